The number of benzene rings is 1. The Bertz CT molecular complexity index is 948. The molecule has 8 nitrogen and oxygen atoms in total. The second-order valence-electron chi connectivity index (χ2n) is 6.15. The first-order valence-corrected chi connectivity index (χ1v) is 8.50. The number of allylic oxidation sites excluding steroid dienone is 2. The quantitative estimate of drug-likeness (QED) is 0.481. The van der Waals surface area contributed by atoms with Crippen molar-refractivity contribution >= 4 is 17.0 Å². The molecule has 8 heteroatoms. The van der Waals surface area contributed by atoms with Gasteiger partial charge in [-0.25, -0.2) is 20.4 Å². The van der Waals surface area contributed by atoms with Crippen LogP contribution in [-0.4, -0.2) is 33.7 Å². The predicted octanol–water partition coefficient (Wildman–Crippen LogP) is 3.35. The number of ether oxygens (including phenoxy) is 2. The number of hydrogen-bond acceptors (Lipinski definition) is 7. The van der Waals surface area contributed by atoms with Crippen LogP contribution < -0.4 is 15.0 Å². The van der Waals surface area contributed by atoms with Gasteiger partial charge >= 0.3 is 0 Å². The Morgan fingerprint density at radius 2 is 1.93 bits per heavy atom. The third-order valence-electron chi connectivity index (χ3n) is 3.96. The molecule has 0 aliphatic heterocycles. The van der Waals surface area contributed by atoms with E-state index in [2.05, 4.69) is 40.4 Å². The van der Waals surface area contributed by atoms with Crippen LogP contribution in [-0.2, 0) is 18.0 Å². The molecule has 1 aromatic carbocycles. The van der Waals surface area contributed by atoms with Gasteiger partial charge in [0, 0.05) is 6.54 Å². The Balaban J connectivity index is 1.73. The van der Waals surface area contributed by atoms with Crippen LogP contribution in [0.1, 0.15) is 19.4 Å². The molecule has 2 aromatic heterocycles. The summed E-state index contributed by atoms with van der Waals surface area (Å²) in [5.74, 6) is 1.90. The maximum Gasteiger partial charge on any atom is 0.183 e. The molecule has 1 N–H and O–H groups in total. The van der Waals surface area contributed by atoms with E-state index in [0.29, 0.717) is 36.1 Å². The molecule has 0 aliphatic carbocycles. The number of anilines is 1. The molecule has 0 atom stereocenters. The lowest BCUT2D eigenvalue weighted by atomic mass is 10.2. The molecule has 3 rings (SSSR count). The molecule has 0 bridgehead atoms. The van der Waals surface area contributed by atoms with E-state index in [1.54, 1.807) is 20.5 Å². The lowest BCUT2D eigenvalue weighted by Crippen LogP contribution is -2.06. The van der Waals surface area contributed by atoms with Crippen LogP contribution in [0, 0.1) is 0 Å². The average molecular weight is 369 g/mol. The molecular weight excluding hydrogens is 346 g/mol. The van der Waals surface area contributed by atoms with E-state index in [9.17, 15) is 0 Å². The van der Waals surface area contributed by atoms with Gasteiger partial charge in [0.2, 0.25) is 0 Å². The third-order valence-corrected chi connectivity index (χ3v) is 3.96. The Hall–Kier alpha value is -3.13. The van der Waals surface area contributed by atoms with Crippen molar-refractivity contribution in [3.63, 3.8) is 0 Å². The highest BCUT2D eigenvalue weighted by atomic mass is 16.6. The summed E-state index contributed by atoms with van der Waals surface area (Å²) in [6, 6.07) is 5.63. The van der Waals surface area contributed by atoms with Crippen molar-refractivity contribution < 1.29 is 14.3 Å². The topological polar surface area (TPSA) is 83.3 Å². The van der Waals surface area contributed by atoms with E-state index in [1.165, 1.54) is 11.9 Å². The molecule has 2 heterocycles. The number of methoxy groups -OCH3 is 2. The Morgan fingerprint density at radius 3 is 2.67 bits per heavy atom. The fourth-order valence-corrected chi connectivity index (χ4v) is 2.56. The monoisotopic (exact) mass is 369 g/mol. The molecular formula is C19H23N5O3. The molecule has 0 radical (unpaired) electrons. The van der Waals surface area contributed by atoms with E-state index in [1.807, 2.05) is 22.8 Å². The highest BCUT2D eigenvalue weighted by molar-refractivity contribution is 5.82. The minimum atomic E-state index is 0.327. The second kappa shape index (κ2) is 8.50. The van der Waals surface area contributed by atoms with E-state index >= 15 is 0 Å². The van der Waals surface area contributed by atoms with Gasteiger partial charge in [-0.15, -0.1) is 0 Å². The fourth-order valence-electron chi connectivity index (χ4n) is 2.56. The second-order valence-corrected chi connectivity index (χ2v) is 6.15. The highest BCUT2D eigenvalue weighted by Gasteiger charge is 2.11. The van der Waals surface area contributed by atoms with Gasteiger partial charge in [0.15, 0.2) is 23.0 Å². The number of aromatic nitrogens is 4. The molecule has 0 aliphatic rings. The summed E-state index contributed by atoms with van der Waals surface area (Å²) in [4.78, 5) is 18.5. The maximum atomic E-state index is 5.64. The molecule has 0 amide bonds. The van der Waals surface area contributed by atoms with Gasteiger partial charge in [-0.2, -0.15) is 0 Å². The van der Waals surface area contributed by atoms with Crippen molar-refractivity contribution in [2.45, 2.75) is 27.0 Å². The minimum absolute atomic E-state index is 0.327. The lowest BCUT2D eigenvalue weighted by Gasteiger charge is -2.11. The Kier molecular flexibility index (Phi) is 5.87. The number of fused-ring (bicyclic) bond motifs is 1. The number of rotatable bonds is 8. The van der Waals surface area contributed by atoms with E-state index in [0.717, 1.165) is 11.1 Å². The summed E-state index contributed by atoms with van der Waals surface area (Å²) in [5.41, 5.74) is 6.48. The summed E-state index contributed by atoms with van der Waals surface area (Å²) < 4.78 is 12.5. The molecule has 0 saturated heterocycles. The van der Waals surface area contributed by atoms with Gasteiger partial charge in [-0.05, 0) is 31.5 Å². The number of imidazole rings is 1. The first kappa shape index (κ1) is 18.7. The number of hydrogen-bond donors (Lipinski definition) is 1. The fraction of sp³-hybridized carbons (Fsp3) is 0.316. The van der Waals surface area contributed by atoms with Crippen LogP contribution in [0.25, 0.3) is 11.2 Å². The van der Waals surface area contributed by atoms with E-state index in [4.69, 9.17) is 14.3 Å². The zero-order chi connectivity index (χ0) is 19.2. The molecule has 0 spiro atoms. The zero-order valence-corrected chi connectivity index (χ0v) is 15.9. The Labute approximate surface area is 157 Å². The zero-order valence-electron chi connectivity index (χ0n) is 15.9. The van der Waals surface area contributed by atoms with Crippen LogP contribution in [0.15, 0.2) is 42.5 Å². The van der Waals surface area contributed by atoms with Gasteiger partial charge in [-0.1, -0.05) is 17.7 Å². The minimum Gasteiger partial charge on any atom is -0.493 e. The van der Waals surface area contributed by atoms with Gasteiger partial charge in [-0.3, -0.25) is 4.84 Å². The van der Waals surface area contributed by atoms with Crippen LogP contribution in [0.2, 0.25) is 0 Å². The number of nitrogens with zero attached hydrogens (tertiary/aromatic N) is 4. The number of nitrogens with one attached hydrogen (secondary N) is 1. The van der Waals surface area contributed by atoms with Crippen molar-refractivity contribution in [3.05, 3.63) is 48.1 Å². The Morgan fingerprint density at radius 1 is 1.11 bits per heavy atom. The van der Waals surface area contributed by atoms with Gasteiger partial charge < -0.3 is 14.0 Å². The van der Waals surface area contributed by atoms with Crippen LogP contribution in [0.4, 0.5) is 5.82 Å². The van der Waals surface area contributed by atoms with Crippen molar-refractivity contribution in [2.24, 2.45) is 0 Å². The van der Waals surface area contributed by atoms with Crippen LogP contribution in [0.5, 0.6) is 11.5 Å². The summed E-state index contributed by atoms with van der Waals surface area (Å²) in [7, 11) is 3.21. The maximum absolute atomic E-state index is 5.64. The molecule has 3 aromatic rings. The molecule has 142 valence electrons. The first-order valence-electron chi connectivity index (χ1n) is 8.50. The summed E-state index contributed by atoms with van der Waals surface area (Å²) in [6.45, 7) is 5.13. The largest absolute Gasteiger partial charge is 0.493 e. The van der Waals surface area contributed by atoms with Crippen molar-refractivity contribution in [3.8, 4) is 11.5 Å². The summed E-state index contributed by atoms with van der Waals surface area (Å²) in [5, 5.41) is 0. The summed E-state index contributed by atoms with van der Waals surface area (Å²) >= 11 is 0. The molecule has 27 heavy (non-hydrogen) atoms. The van der Waals surface area contributed by atoms with Gasteiger partial charge in [0.05, 0.1) is 27.2 Å². The van der Waals surface area contributed by atoms with E-state index in [-0.39, 0.29) is 0 Å². The van der Waals surface area contributed by atoms with Crippen LogP contribution >= 0.6 is 0 Å². The van der Waals surface area contributed by atoms with Gasteiger partial charge in [0.25, 0.3) is 0 Å². The predicted molar refractivity (Wildman–Crippen MR) is 103 cm³/mol. The normalized spacial score (nSPS) is 10.7. The first-order chi connectivity index (χ1) is 13.1. The third kappa shape index (κ3) is 4.35. The molecule has 0 fully saturated rings. The smallest absolute Gasteiger partial charge is 0.183 e. The van der Waals surface area contributed by atoms with Crippen molar-refractivity contribution in [2.75, 3.05) is 19.7 Å². The summed E-state index contributed by atoms with van der Waals surface area (Å²) in [6.07, 6.45) is 5.32. The molecule has 0 unspecified atom stereocenters. The molecule has 0 saturated carbocycles. The van der Waals surface area contributed by atoms with Gasteiger partial charge in [0.1, 0.15) is 11.8 Å². The standard InChI is InChI=1S/C19H23N5O3/c1-13(2)7-8-24-12-22-18-17(24)19(21-11-20-18)23-27-10-14-5-6-15(25-3)16(9-14)26-4/h5-7,9,11-12H,8,10H2,1-4H3,(H,20,21,23). The SMILES string of the molecule is COc1ccc(CONc2ncnc3ncn(CC=C(C)C)c23)cc1OC. The average Bonchev–Trinajstić information content (AvgIpc) is 3.10. The van der Waals surface area contributed by atoms with E-state index < -0.39 is 0 Å². The van der Waals surface area contributed by atoms with Crippen LogP contribution in [0.3, 0.4) is 0 Å². The van der Waals surface area contributed by atoms with Crippen molar-refractivity contribution in [1.29, 1.82) is 0 Å². The van der Waals surface area contributed by atoms with Crippen molar-refractivity contribution in [1.82, 2.24) is 19.5 Å². The lowest BCUT2D eigenvalue weighted by molar-refractivity contribution is 0.179. The highest BCUT2D eigenvalue weighted by Crippen LogP contribution is 2.28.